The Morgan fingerprint density at radius 1 is 1.29 bits per heavy atom. The van der Waals surface area contributed by atoms with E-state index in [0.717, 1.165) is 11.3 Å². The van der Waals surface area contributed by atoms with E-state index < -0.39 is 0 Å². The molecule has 17 heavy (non-hydrogen) atoms. The van der Waals surface area contributed by atoms with Crippen LogP contribution in [0.2, 0.25) is 0 Å². The molecule has 0 bridgehead atoms. The molecule has 0 atom stereocenters. The predicted molar refractivity (Wildman–Crippen MR) is 66.2 cm³/mol. The topological polar surface area (TPSA) is 29.5 Å². The minimum absolute atomic E-state index is 0.0917. The van der Waals surface area contributed by atoms with E-state index in [9.17, 15) is 4.79 Å². The van der Waals surface area contributed by atoms with Crippen molar-refractivity contribution in [2.45, 2.75) is 27.3 Å². The second kappa shape index (κ2) is 4.24. The van der Waals surface area contributed by atoms with Gasteiger partial charge in [0.2, 0.25) is 5.91 Å². The first-order valence-corrected chi connectivity index (χ1v) is 5.71. The molecule has 0 spiro atoms. The van der Waals surface area contributed by atoms with Crippen LogP contribution >= 0.6 is 0 Å². The molecular weight excluding hydrogens is 214 g/mol. The number of ether oxygens (including phenoxy) is 1. The van der Waals surface area contributed by atoms with E-state index in [-0.39, 0.29) is 11.3 Å². The van der Waals surface area contributed by atoms with Gasteiger partial charge in [0.1, 0.15) is 12.0 Å². The van der Waals surface area contributed by atoms with Gasteiger partial charge in [-0.05, 0) is 6.07 Å². The van der Waals surface area contributed by atoms with E-state index in [1.165, 1.54) is 0 Å². The standard InChI is InChI=1S/C14H17NO2/c1-14(2,3)13(16)15-8-9-17-12-7-5-4-6-11(12)10-15/h4-9H,10H2,1-3H3. The lowest BCUT2D eigenvalue weighted by molar-refractivity contribution is -0.137. The molecule has 1 aliphatic rings. The van der Waals surface area contributed by atoms with E-state index in [1.54, 1.807) is 17.4 Å². The van der Waals surface area contributed by atoms with Crippen LogP contribution in [0.15, 0.2) is 36.7 Å². The maximum Gasteiger partial charge on any atom is 0.232 e. The lowest BCUT2D eigenvalue weighted by Gasteiger charge is -2.25. The van der Waals surface area contributed by atoms with Gasteiger partial charge in [0.15, 0.2) is 0 Å². The van der Waals surface area contributed by atoms with Crippen molar-refractivity contribution in [1.29, 1.82) is 0 Å². The van der Waals surface area contributed by atoms with Gasteiger partial charge < -0.3 is 9.64 Å². The molecule has 1 heterocycles. The van der Waals surface area contributed by atoms with Crippen LogP contribution in [-0.2, 0) is 11.3 Å². The zero-order valence-electron chi connectivity index (χ0n) is 10.4. The van der Waals surface area contributed by atoms with Crippen LogP contribution in [0.25, 0.3) is 0 Å². The zero-order valence-corrected chi connectivity index (χ0v) is 10.4. The third kappa shape index (κ3) is 2.49. The van der Waals surface area contributed by atoms with Crippen molar-refractivity contribution in [2.24, 2.45) is 5.41 Å². The van der Waals surface area contributed by atoms with Crippen molar-refractivity contribution in [3.05, 3.63) is 42.3 Å². The van der Waals surface area contributed by atoms with Crippen LogP contribution in [0.1, 0.15) is 26.3 Å². The highest BCUT2D eigenvalue weighted by Gasteiger charge is 2.27. The molecule has 0 fully saturated rings. The van der Waals surface area contributed by atoms with Gasteiger partial charge in [-0.2, -0.15) is 0 Å². The van der Waals surface area contributed by atoms with Crippen molar-refractivity contribution >= 4 is 5.91 Å². The van der Waals surface area contributed by atoms with Crippen LogP contribution in [0.4, 0.5) is 0 Å². The minimum atomic E-state index is -0.385. The van der Waals surface area contributed by atoms with Crippen molar-refractivity contribution in [3.63, 3.8) is 0 Å². The average Bonchev–Trinajstić information content (AvgIpc) is 2.48. The number of benzene rings is 1. The van der Waals surface area contributed by atoms with Crippen molar-refractivity contribution in [1.82, 2.24) is 4.90 Å². The van der Waals surface area contributed by atoms with Crippen LogP contribution in [0.3, 0.4) is 0 Å². The number of amides is 1. The molecule has 1 amide bonds. The summed E-state index contributed by atoms with van der Waals surface area (Å²) in [6, 6.07) is 7.76. The summed E-state index contributed by atoms with van der Waals surface area (Å²) < 4.78 is 5.47. The summed E-state index contributed by atoms with van der Waals surface area (Å²) in [5.41, 5.74) is 0.638. The van der Waals surface area contributed by atoms with Crippen molar-refractivity contribution in [2.75, 3.05) is 0 Å². The number of hydrogen-bond acceptors (Lipinski definition) is 2. The molecule has 0 N–H and O–H groups in total. The van der Waals surface area contributed by atoms with Gasteiger partial charge in [-0.25, -0.2) is 0 Å². The molecule has 1 aromatic carbocycles. The maximum absolute atomic E-state index is 12.2. The average molecular weight is 231 g/mol. The van der Waals surface area contributed by atoms with Crippen molar-refractivity contribution in [3.8, 4) is 5.75 Å². The van der Waals surface area contributed by atoms with Gasteiger partial charge in [0, 0.05) is 17.2 Å². The Hall–Kier alpha value is -1.77. The number of hydrogen-bond donors (Lipinski definition) is 0. The Kier molecular flexibility index (Phi) is 2.92. The maximum atomic E-state index is 12.2. The van der Waals surface area contributed by atoms with E-state index in [0.29, 0.717) is 6.54 Å². The van der Waals surface area contributed by atoms with E-state index in [4.69, 9.17) is 4.74 Å². The largest absolute Gasteiger partial charge is 0.463 e. The summed E-state index contributed by atoms with van der Waals surface area (Å²) in [5, 5.41) is 0. The summed E-state index contributed by atoms with van der Waals surface area (Å²) in [6.07, 6.45) is 3.27. The number of carbonyl (C=O) groups excluding carboxylic acids is 1. The van der Waals surface area contributed by atoms with Gasteiger partial charge in [0.05, 0.1) is 6.54 Å². The molecule has 1 aliphatic heterocycles. The lowest BCUT2D eigenvalue weighted by atomic mass is 9.94. The molecule has 0 aliphatic carbocycles. The molecule has 90 valence electrons. The number of fused-ring (bicyclic) bond motifs is 1. The summed E-state index contributed by atoms with van der Waals surface area (Å²) in [7, 11) is 0. The third-order valence-corrected chi connectivity index (χ3v) is 2.65. The van der Waals surface area contributed by atoms with E-state index in [2.05, 4.69) is 0 Å². The van der Waals surface area contributed by atoms with Gasteiger partial charge in [-0.1, -0.05) is 39.0 Å². The van der Waals surface area contributed by atoms with Crippen LogP contribution in [-0.4, -0.2) is 10.8 Å². The van der Waals surface area contributed by atoms with E-state index >= 15 is 0 Å². The monoisotopic (exact) mass is 231 g/mol. The molecule has 0 unspecified atom stereocenters. The first-order valence-electron chi connectivity index (χ1n) is 5.71. The van der Waals surface area contributed by atoms with Gasteiger partial charge in [-0.15, -0.1) is 0 Å². The first-order chi connectivity index (χ1) is 7.98. The number of para-hydroxylation sites is 1. The first kappa shape index (κ1) is 11.7. The second-order valence-corrected chi connectivity index (χ2v) is 5.19. The molecule has 3 heteroatoms. The van der Waals surface area contributed by atoms with Gasteiger partial charge in [-0.3, -0.25) is 4.79 Å². The molecule has 0 radical (unpaired) electrons. The summed E-state index contributed by atoms with van der Waals surface area (Å²) in [6.45, 7) is 6.31. The Labute approximate surface area is 102 Å². The Bertz CT molecular complexity index is 458. The van der Waals surface area contributed by atoms with E-state index in [1.807, 2.05) is 45.0 Å². The quantitative estimate of drug-likeness (QED) is 0.687. The predicted octanol–water partition coefficient (Wildman–Crippen LogP) is 2.92. The molecular formula is C14H17NO2. The van der Waals surface area contributed by atoms with Crippen LogP contribution < -0.4 is 4.74 Å². The summed E-state index contributed by atoms with van der Waals surface area (Å²) in [4.78, 5) is 13.9. The summed E-state index contributed by atoms with van der Waals surface area (Å²) >= 11 is 0. The fourth-order valence-electron chi connectivity index (χ4n) is 1.73. The fourth-order valence-corrected chi connectivity index (χ4v) is 1.73. The fraction of sp³-hybridized carbons (Fsp3) is 0.357. The van der Waals surface area contributed by atoms with Gasteiger partial charge >= 0.3 is 0 Å². The van der Waals surface area contributed by atoms with Gasteiger partial charge in [0.25, 0.3) is 0 Å². The SMILES string of the molecule is CC(C)(C)C(=O)N1C=COc2ccccc2C1. The highest BCUT2D eigenvalue weighted by atomic mass is 16.5. The highest BCUT2D eigenvalue weighted by Crippen LogP contribution is 2.26. The lowest BCUT2D eigenvalue weighted by Crippen LogP contribution is -2.35. The summed E-state index contributed by atoms with van der Waals surface area (Å²) in [5.74, 6) is 0.905. The smallest absolute Gasteiger partial charge is 0.232 e. The highest BCUT2D eigenvalue weighted by molar-refractivity contribution is 5.82. The second-order valence-electron chi connectivity index (χ2n) is 5.19. The Balaban J connectivity index is 2.27. The normalized spacial score (nSPS) is 14.9. The zero-order chi connectivity index (χ0) is 12.5. The van der Waals surface area contributed by atoms with Crippen molar-refractivity contribution < 1.29 is 9.53 Å². The third-order valence-electron chi connectivity index (χ3n) is 2.65. The minimum Gasteiger partial charge on any atom is -0.463 e. The molecule has 0 saturated carbocycles. The molecule has 3 nitrogen and oxygen atoms in total. The Morgan fingerprint density at radius 2 is 2.00 bits per heavy atom. The molecule has 0 saturated heterocycles. The number of nitrogens with zero attached hydrogens (tertiary/aromatic N) is 1. The number of rotatable bonds is 0. The van der Waals surface area contributed by atoms with Crippen LogP contribution in [0, 0.1) is 5.41 Å². The molecule has 1 aromatic rings. The Morgan fingerprint density at radius 3 is 2.71 bits per heavy atom. The van der Waals surface area contributed by atoms with Crippen LogP contribution in [0.5, 0.6) is 5.75 Å². The molecule has 2 rings (SSSR count). The number of carbonyl (C=O) groups is 1. The molecule has 0 aromatic heterocycles.